The molecular formula is C3H8O4. The van der Waals surface area contributed by atoms with E-state index >= 15 is 0 Å². The Labute approximate surface area is 41.5 Å². The highest BCUT2D eigenvalue weighted by molar-refractivity contribution is 3.82. The Morgan fingerprint density at radius 1 is 1.43 bits per heavy atom. The van der Waals surface area contributed by atoms with Gasteiger partial charge in [0.2, 0.25) is 0 Å². The van der Waals surface area contributed by atoms with Gasteiger partial charge in [0.15, 0.2) is 13.6 Å². The van der Waals surface area contributed by atoms with E-state index in [1.54, 1.807) is 0 Å². The molecule has 0 bridgehead atoms. The number of aliphatic hydroxyl groups excluding tert-OH is 1. The van der Waals surface area contributed by atoms with Crippen molar-refractivity contribution in [1.82, 2.24) is 0 Å². The molecule has 4 heteroatoms. The zero-order chi connectivity index (χ0) is 5.54. The second-order valence-corrected chi connectivity index (χ2v) is 0.771. The molecule has 0 fully saturated rings. The van der Waals surface area contributed by atoms with Crippen LogP contribution in [0.5, 0.6) is 0 Å². The minimum atomic E-state index is -0.441. The van der Waals surface area contributed by atoms with Gasteiger partial charge in [-0.25, -0.2) is 9.78 Å². The van der Waals surface area contributed by atoms with E-state index in [4.69, 9.17) is 5.11 Å². The van der Waals surface area contributed by atoms with Crippen molar-refractivity contribution < 1.29 is 19.6 Å². The Morgan fingerprint density at radius 2 is 2.14 bits per heavy atom. The minimum Gasteiger partial charge on any atom is -0.368 e. The first kappa shape index (κ1) is 6.84. The van der Waals surface area contributed by atoms with Crippen LogP contribution >= 0.6 is 0 Å². The predicted molar refractivity (Wildman–Crippen MR) is 21.1 cm³/mol. The lowest BCUT2D eigenvalue weighted by molar-refractivity contribution is -0.360. The molecule has 4 nitrogen and oxygen atoms in total. The third-order valence-electron chi connectivity index (χ3n) is 0.302. The lowest BCUT2D eigenvalue weighted by Gasteiger charge is -1.95. The van der Waals surface area contributed by atoms with Gasteiger partial charge in [0.1, 0.15) is 0 Å². The first-order valence-corrected chi connectivity index (χ1v) is 1.76. The maximum atomic E-state index is 7.89. The molecule has 1 N–H and O–H groups in total. The highest BCUT2D eigenvalue weighted by Gasteiger charge is 1.77. The Kier molecular flexibility index (Phi) is 5.71. The van der Waals surface area contributed by atoms with Gasteiger partial charge in [-0.05, 0) is 0 Å². The van der Waals surface area contributed by atoms with Gasteiger partial charge in [-0.2, -0.15) is 0 Å². The number of aliphatic hydroxyl groups is 1. The summed E-state index contributed by atoms with van der Waals surface area (Å²) in [5.74, 6) is 0. The van der Waals surface area contributed by atoms with E-state index in [-0.39, 0.29) is 6.79 Å². The first-order chi connectivity index (χ1) is 3.41. The zero-order valence-corrected chi connectivity index (χ0v) is 4.09. The van der Waals surface area contributed by atoms with Gasteiger partial charge in [-0.1, -0.05) is 0 Å². The average Bonchev–Trinajstić information content (AvgIpc) is 1.69. The summed E-state index contributed by atoms with van der Waals surface area (Å²) in [6.07, 6.45) is 0. The molecule has 0 aliphatic carbocycles. The van der Waals surface area contributed by atoms with Crippen molar-refractivity contribution in [2.45, 2.75) is 0 Å². The molecule has 0 amide bonds. The normalized spacial score (nSPS) is 9.43. The molecule has 0 unspecified atom stereocenters. The predicted octanol–water partition coefficient (Wildman–Crippen LogP) is -0.512. The van der Waals surface area contributed by atoms with Crippen molar-refractivity contribution >= 4 is 0 Å². The van der Waals surface area contributed by atoms with Crippen LogP contribution in [0.15, 0.2) is 0 Å². The SMILES string of the molecule is COCOOCO. The van der Waals surface area contributed by atoms with Gasteiger partial charge in [-0.15, -0.1) is 0 Å². The van der Waals surface area contributed by atoms with Gasteiger partial charge in [0.05, 0.1) is 0 Å². The summed E-state index contributed by atoms with van der Waals surface area (Å²) in [5.41, 5.74) is 0. The minimum absolute atomic E-state index is 0.0422. The van der Waals surface area contributed by atoms with E-state index in [1.807, 2.05) is 0 Å². The van der Waals surface area contributed by atoms with Crippen molar-refractivity contribution in [3.8, 4) is 0 Å². The maximum Gasteiger partial charge on any atom is 0.180 e. The van der Waals surface area contributed by atoms with Gasteiger partial charge in [0.25, 0.3) is 0 Å². The van der Waals surface area contributed by atoms with Crippen molar-refractivity contribution in [3.05, 3.63) is 0 Å². The highest BCUT2D eigenvalue weighted by atomic mass is 17.2. The molecule has 0 heterocycles. The second kappa shape index (κ2) is 5.84. The summed E-state index contributed by atoms with van der Waals surface area (Å²) >= 11 is 0. The lowest BCUT2D eigenvalue weighted by atomic mass is 11.4. The van der Waals surface area contributed by atoms with E-state index in [9.17, 15) is 0 Å². The number of hydrogen-bond acceptors (Lipinski definition) is 4. The fourth-order valence-corrected chi connectivity index (χ4v) is 0.119. The Balaban J connectivity index is 2.45. The fourth-order valence-electron chi connectivity index (χ4n) is 0.119. The van der Waals surface area contributed by atoms with Crippen LogP contribution in [-0.2, 0) is 14.5 Å². The van der Waals surface area contributed by atoms with Crippen LogP contribution in [0.25, 0.3) is 0 Å². The van der Waals surface area contributed by atoms with Crippen LogP contribution in [0.3, 0.4) is 0 Å². The quantitative estimate of drug-likeness (QED) is 0.228. The van der Waals surface area contributed by atoms with Crippen LogP contribution in [0.4, 0.5) is 0 Å². The molecule has 0 radical (unpaired) electrons. The Morgan fingerprint density at radius 3 is 2.57 bits per heavy atom. The topological polar surface area (TPSA) is 47.9 Å². The van der Waals surface area contributed by atoms with E-state index in [2.05, 4.69) is 14.5 Å². The molecule has 0 aromatic rings. The lowest BCUT2D eigenvalue weighted by Crippen LogP contribution is -1.98. The highest BCUT2D eigenvalue weighted by Crippen LogP contribution is 1.73. The largest absolute Gasteiger partial charge is 0.368 e. The standard InChI is InChI=1S/C3H8O4/c1-5-3-7-6-2-4/h4H,2-3H2,1H3. The summed E-state index contributed by atoms with van der Waals surface area (Å²) in [4.78, 5) is 8.16. The van der Waals surface area contributed by atoms with Crippen molar-refractivity contribution in [2.24, 2.45) is 0 Å². The smallest absolute Gasteiger partial charge is 0.180 e. The van der Waals surface area contributed by atoms with Crippen LogP contribution in [0.2, 0.25) is 0 Å². The zero-order valence-electron chi connectivity index (χ0n) is 4.09. The van der Waals surface area contributed by atoms with Crippen LogP contribution in [0.1, 0.15) is 0 Å². The van der Waals surface area contributed by atoms with Crippen molar-refractivity contribution in [1.29, 1.82) is 0 Å². The summed E-state index contributed by atoms with van der Waals surface area (Å²) in [7, 11) is 1.46. The van der Waals surface area contributed by atoms with Crippen LogP contribution in [-0.4, -0.2) is 25.8 Å². The van der Waals surface area contributed by atoms with Crippen LogP contribution in [0, 0.1) is 0 Å². The Bertz CT molecular complexity index is 26.1. The van der Waals surface area contributed by atoms with Gasteiger partial charge >= 0.3 is 0 Å². The van der Waals surface area contributed by atoms with Gasteiger partial charge in [-0.3, -0.25) is 0 Å². The monoisotopic (exact) mass is 108 g/mol. The Hall–Kier alpha value is -0.160. The van der Waals surface area contributed by atoms with Crippen LogP contribution < -0.4 is 0 Å². The number of ether oxygens (including phenoxy) is 1. The summed E-state index contributed by atoms with van der Waals surface area (Å²) in [6.45, 7) is -0.399. The van der Waals surface area contributed by atoms with Crippen molar-refractivity contribution in [2.75, 3.05) is 20.7 Å². The molecule has 0 atom stereocenters. The van der Waals surface area contributed by atoms with E-state index in [0.29, 0.717) is 0 Å². The third-order valence-corrected chi connectivity index (χ3v) is 0.302. The molecule has 0 saturated heterocycles. The molecule has 0 aromatic heterocycles. The fraction of sp³-hybridized carbons (Fsp3) is 1.00. The third kappa shape index (κ3) is 5.84. The molecule has 0 aliphatic heterocycles. The molecular weight excluding hydrogens is 100 g/mol. The van der Waals surface area contributed by atoms with E-state index in [1.165, 1.54) is 7.11 Å². The molecule has 0 rings (SSSR count). The molecule has 0 aromatic carbocycles. The van der Waals surface area contributed by atoms with Gasteiger partial charge < -0.3 is 9.84 Å². The number of rotatable bonds is 4. The van der Waals surface area contributed by atoms with E-state index in [0.717, 1.165) is 0 Å². The van der Waals surface area contributed by atoms with Gasteiger partial charge in [0, 0.05) is 7.11 Å². The first-order valence-electron chi connectivity index (χ1n) is 1.76. The summed E-state index contributed by atoms with van der Waals surface area (Å²) in [5, 5.41) is 7.89. The molecule has 44 valence electrons. The molecule has 0 saturated carbocycles. The number of methoxy groups -OCH3 is 1. The molecule has 0 spiro atoms. The van der Waals surface area contributed by atoms with Crippen molar-refractivity contribution in [3.63, 3.8) is 0 Å². The second-order valence-electron chi connectivity index (χ2n) is 0.771. The summed E-state index contributed by atoms with van der Waals surface area (Å²) in [6, 6.07) is 0. The summed E-state index contributed by atoms with van der Waals surface area (Å²) < 4.78 is 4.39. The maximum absolute atomic E-state index is 7.89. The number of hydrogen-bond donors (Lipinski definition) is 1. The average molecular weight is 108 g/mol. The molecule has 7 heavy (non-hydrogen) atoms. The van der Waals surface area contributed by atoms with E-state index < -0.39 is 6.79 Å². The molecule has 0 aliphatic rings.